The molecule has 98 valence electrons. The monoisotopic (exact) mass is 251 g/mol. The topological polar surface area (TPSA) is 82.4 Å². The van der Waals surface area contributed by atoms with Crippen molar-refractivity contribution >= 4 is 12.0 Å². The molecule has 0 saturated carbocycles. The van der Waals surface area contributed by atoms with Crippen molar-refractivity contribution in [1.82, 2.24) is 10.2 Å². The number of rotatable bonds is 0. The largest absolute Gasteiger partial charge is 0.444 e. The normalized spacial score (nSPS) is 30.7. The van der Waals surface area contributed by atoms with Crippen LogP contribution in [-0.4, -0.2) is 41.1 Å². The standard InChI is InChI=1S/C12H17N3O3/c1-11(2,3)18-10(17)15-6-8(5-13)4-12(15)7-14-9(12)16/h8H,4,6-7H2,1-3H3,(H,14,16)/t8-,12?/m1/s1. The van der Waals surface area contributed by atoms with E-state index in [2.05, 4.69) is 11.4 Å². The summed E-state index contributed by atoms with van der Waals surface area (Å²) in [4.78, 5) is 25.2. The van der Waals surface area contributed by atoms with Gasteiger partial charge in [-0.25, -0.2) is 4.79 Å². The Hall–Kier alpha value is -1.77. The predicted molar refractivity (Wildman–Crippen MR) is 62.4 cm³/mol. The lowest BCUT2D eigenvalue weighted by molar-refractivity contribution is -0.140. The summed E-state index contributed by atoms with van der Waals surface area (Å²) in [7, 11) is 0. The van der Waals surface area contributed by atoms with Crippen LogP contribution in [0.4, 0.5) is 4.79 Å². The Labute approximate surface area is 106 Å². The van der Waals surface area contributed by atoms with Crippen LogP contribution in [0, 0.1) is 17.2 Å². The Bertz CT molecular complexity index is 435. The van der Waals surface area contributed by atoms with Gasteiger partial charge in [0.1, 0.15) is 11.1 Å². The second kappa shape index (κ2) is 3.87. The smallest absolute Gasteiger partial charge is 0.411 e. The van der Waals surface area contributed by atoms with Crippen LogP contribution >= 0.6 is 0 Å². The van der Waals surface area contributed by atoms with Crippen LogP contribution in [0.2, 0.25) is 0 Å². The molecule has 1 N–H and O–H groups in total. The first-order valence-corrected chi connectivity index (χ1v) is 5.97. The number of hydrogen-bond acceptors (Lipinski definition) is 4. The number of carbonyl (C=O) groups excluding carboxylic acids is 2. The molecule has 2 amide bonds. The molecule has 0 aliphatic carbocycles. The van der Waals surface area contributed by atoms with Crippen LogP contribution in [0.15, 0.2) is 0 Å². The minimum absolute atomic E-state index is 0.189. The Morgan fingerprint density at radius 2 is 2.28 bits per heavy atom. The van der Waals surface area contributed by atoms with Gasteiger partial charge in [0, 0.05) is 6.54 Å². The first-order chi connectivity index (χ1) is 8.28. The number of likely N-dealkylation sites (tertiary alicyclic amines) is 1. The van der Waals surface area contributed by atoms with Crippen LogP contribution in [-0.2, 0) is 9.53 Å². The maximum atomic E-state index is 12.1. The molecule has 18 heavy (non-hydrogen) atoms. The molecule has 2 rings (SSSR count). The quantitative estimate of drug-likeness (QED) is 0.640. The molecule has 6 nitrogen and oxygen atoms in total. The van der Waals surface area contributed by atoms with Gasteiger partial charge in [0.25, 0.3) is 0 Å². The third-order valence-electron chi connectivity index (χ3n) is 3.26. The Morgan fingerprint density at radius 3 is 2.67 bits per heavy atom. The van der Waals surface area contributed by atoms with E-state index in [0.717, 1.165) is 0 Å². The summed E-state index contributed by atoms with van der Waals surface area (Å²) < 4.78 is 5.29. The lowest BCUT2D eigenvalue weighted by atomic mass is 9.86. The van der Waals surface area contributed by atoms with Gasteiger partial charge in [0.05, 0.1) is 18.5 Å². The van der Waals surface area contributed by atoms with E-state index in [1.54, 1.807) is 20.8 Å². The Kier molecular flexibility index (Phi) is 2.73. The van der Waals surface area contributed by atoms with E-state index in [0.29, 0.717) is 13.0 Å². The van der Waals surface area contributed by atoms with Crippen molar-refractivity contribution in [2.45, 2.75) is 38.3 Å². The van der Waals surface area contributed by atoms with E-state index < -0.39 is 17.2 Å². The van der Waals surface area contributed by atoms with E-state index in [4.69, 9.17) is 10.00 Å². The van der Waals surface area contributed by atoms with Crippen LogP contribution in [0.3, 0.4) is 0 Å². The van der Waals surface area contributed by atoms with Crippen molar-refractivity contribution < 1.29 is 14.3 Å². The highest BCUT2D eigenvalue weighted by Crippen LogP contribution is 2.37. The second-order valence-corrected chi connectivity index (χ2v) is 5.84. The van der Waals surface area contributed by atoms with E-state index in [1.807, 2.05) is 0 Å². The first-order valence-electron chi connectivity index (χ1n) is 5.97. The zero-order chi connectivity index (χ0) is 13.6. The van der Waals surface area contributed by atoms with Gasteiger partial charge in [-0.05, 0) is 27.2 Å². The summed E-state index contributed by atoms with van der Waals surface area (Å²) >= 11 is 0. The Balaban J connectivity index is 2.18. The zero-order valence-electron chi connectivity index (χ0n) is 10.8. The number of β-lactam (4-membered cyclic amide) rings is 1. The predicted octanol–water partition coefficient (Wildman–Crippen LogP) is 0.636. The third-order valence-corrected chi connectivity index (χ3v) is 3.26. The molecule has 2 atom stereocenters. The summed E-state index contributed by atoms with van der Waals surface area (Å²) in [6.45, 7) is 5.99. The van der Waals surface area contributed by atoms with E-state index in [9.17, 15) is 9.59 Å². The van der Waals surface area contributed by atoms with Gasteiger partial charge < -0.3 is 10.1 Å². The highest BCUT2D eigenvalue weighted by molar-refractivity contribution is 5.96. The molecule has 2 aliphatic heterocycles. The molecular weight excluding hydrogens is 234 g/mol. The molecule has 6 heteroatoms. The number of nitriles is 1. The summed E-state index contributed by atoms with van der Waals surface area (Å²) in [5.74, 6) is -0.491. The molecule has 0 aromatic rings. The first kappa shape index (κ1) is 12.7. The minimum Gasteiger partial charge on any atom is -0.444 e. The molecule has 0 aromatic heterocycles. The van der Waals surface area contributed by atoms with Crippen LogP contribution in [0.5, 0.6) is 0 Å². The van der Waals surface area contributed by atoms with Crippen molar-refractivity contribution in [3.8, 4) is 6.07 Å². The number of nitrogens with zero attached hydrogens (tertiary/aromatic N) is 2. The summed E-state index contributed by atoms with van der Waals surface area (Å²) in [6, 6.07) is 2.13. The van der Waals surface area contributed by atoms with Gasteiger partial charge in [-0.15, -0.1) is 0 Å². The van der Waals surface area contributed by atoms with Crippen molar-refractivity contribution in [1.29, 1.82) is 5.26 Å². The van der Waals surface area contributed by atoms with Gasteiger partial charge in [-0.1, -0.05) is 0 Å². The molecule has 1 unspecified atom stereocenters. The summed E-state index contributed by atoms with van der Waals surface area (Å²) in [5, 5.41) is 11.6. The maximum absolute atomic E-state index is 12.1. The molecule has 2 fully saturated rings. The van der Waals surface area contributed by atoms with E-state index >= 15 is 0 Å². The fourth-order valence-electron chi connectivity index (χ4n) is 2.38. The minimum atomic E-state index is -0.858. The molecular formula is C12H17N3O3. The highest BCUT2D eigenvalue weighted by atomic mass is 16.6. The van der Waals surface area contributed by atoms with Crippen LogP contribution < -0.4 is 5.32 Å². The maximum Gasteiger partial charge on any atom is 0.411 e. The van der Waals surface area contributed by atoms with E-state index in [-0.39, 0.29) is 18.4 Å². The average Bonchev–Trinajstić information content (AvgIpc) is 2.66. The lowest BCUT2D eigenvalue weighted by Gasteiger charge is -2.44. The molecule has 0 radical (unpaired) electrons. The van der Waals surface area contributed by atoms with Gasteiger partial charge in [0.2, 0.25) is 5.91 Å². The average molecular weight is 251 g/mol. The van der Waals surface area contributed by atoms with Crippen molar-refractivity contribution in [2.24, 2.45) is 5.92 Å². The SMILES string of the molecule is CC(C)(C)OC(=O)N1C[C@@H](C#N)CC12CNC2=O. The zero-order valence-corrected chi connectivity index (χ0v) is 10.8. The summed E-state index contributed by atoms with van der Waals surface area (Å²) in [6.07, 6.45) is -0.121. The molecule has 1 spiro atoms. The fourth-order valence-corrected chi connectivity index (χ4v) is 2.38. The molecule has 0 bridgehead atoms. The summed E-state index contributed by atoms with van der Waals surface area (Å²) in [5.41, 5.74) is -1.47. The van der Waals surface area contributed by atoms with E-state index in [1.165, 1.54) is 4.90 Å². The number of nitrogens with one attached hydrogen (secondary N) is 1. The van der Waals surface area contributed by atoms with Gasteiger partial charge in [0.15, 0.2) is 0 Å². The second-order valence-electron chi connectivity index (χ2n) is 5.84. The third kappa shape index (κ3) is 1.90. The van der Waals surface area contributed by atoms with Gasteiger partial charge >= 0.3 is 6.09 Å². The lowest BCUT2D eigenvalue weighted by Crippen LogP contribution is -2.71. The number of amides is 2. The molecule has 2 heterocycles. The van der Waals surface area contributed by atoms with Gasteiger partial charge in [-0.2, -0.15) is 5.26 Å². The van der Waals surface area contributed by atoms with Crippen LogP contribution in [0.25, 0.3) is 0 Å². The highest BCUT2D eigenvalue weighted by Gasteiger charge is 2.59. The van der Waals surface area contributed by atoms with Crippen LogP contribution in [0.1, 0.15) is 27.2 Å². The number of hydrogen-bond donors (Lipinski definition) is 1. The molecule has 2 aliphatic rings. The number of carbonyl (C=O) groups is 2. The van der Waals surface area contributed by atoms with Gasteiger partial charge in [-0.3, -0.25) is 9.69 Å². The Morgan fingerprint density at radius 1 is 1.61 bits per heavy atom. The van der Waals surface area contributed by atoms with Crippen molar-refractivity contribution in [3.05, 3.63) is 0 Å². The fraction of sp³-hybridized carbons (Fsp3) is 0.750. The molecule has 0 aromatic carbocycles. The van der Waals surface area contributed by atoms with Crippen molar-refractivity contribution in [3.63, 3.8) is 0 Å². The molecule has 2 saturated heterocycles. The number of ether oxygens (including phenoxy) is 1. The van der Waals surface area contributed by atoms with Crippen molar-refractivity contribution in [2.75, 3.05) is 13.1 Å².